The number of aliphatic hydroxyl groups excluding tert-OH is 2. The van der Waals surface area contributed by atoms with Gasteiger partial charge in [-0.25, -0.2) is 0 Å². The molecule has 2 atom stereocenters. The number of aliphatic hydroxyl groups is 2. The van der Waals surface area contributed by atoms with Gasteiger partial charge in [0.1, 0.15) is 6.10 Å². The fraction of sp³-hybridized carbons (Fsp3) is 0.500. The van der Waals surface area contributed by atoms with E-state index in [4.69, 9.17) is 23.2 Å². The molecule has 20 heavy (non-hydrogen) atoms. The number of nitro groups is 1. The third kappa shape index (κ3) is 3.83. The highest BCUT2D eigenvalue weighted by molar-refractivity contribution is 6.53. The molecule has 1 aromatic rings. The van der Waals surface area contributed by atoms with E-state index in [0.29, 0.717) is 0 Å². The van der Waals surface area contributed by atoms with Crippen molar-refractivity contribution in [3.8, 4) is 0 Å². The minimum atomic E-state index is -1.35. The number of carbonyl (C=O) groups excluding carboxylic acids is 1. The smallest absolute Gasteiger partial charge is 0.287 e. The Balaban J connectivity index is 2.93. The molecule has 0 aliphatic rings. The molecule has 0 spiro atoms. The molecule has 1 aromatic heterocycles. The number of aromatic nitrogens is 1. The van der Waals surface area contributed by atoms with Crippen LogP contribution in [0, 0.1) is 10.1 Å². The molecule has 3 N–H and O–H groups in total. The molecule has 1 rings (SSSR count). The lowest BCUT2D eigenvalue weighted by molar-refractivity contribution is -0.384. The minimum absolute atomic E-state index is 0.164. The summed E-state index contributed by atoms with van der Waals surface area (Å²) in [6, 6.07) is 0.0638. The number of nitrogens with zero attached hydrogens (tertiary/aromatic N) is 2. The Bertz CT molecular complexity index is 505. The van der Waals surface area contributed by atoms with Crippen molar-refractivity contribution < 1.29 is 19.9 Å². The molecule has 1 amide bonds. The molecular formula is C10H13Cl2N3O5. The number of hydrogen-bond donors (Lipinski definition) is 3. The molecule has 0 radical (unpaired) electrons. The highest BCUT2D eigenvalue weighted by Gasteiger charge is 2.28. The Hall–Kier alpha value is -1.35. The number of nitrogens with one attached hydrogen (secondary N) is 1. The molecule has 0 aliphatic carbocycles. The lowest BCUT2D eigenvalue weighted by Crippen LogP contribution is -2.44. The molecule has 0 aromatic carbocycles. The van der Waals surface area contributed by atoms with Gasteiger partial charge >= 0.3 is 0 Å². The number of halogens is 2. The van der Waals surface area contributed by atoms with E-state index in [1.807, 2.05) is 0 Å². The Morgan fingerprint density at radius 2 is 2.20 bits per heavy atom. The zero-order valence-electron chi connectivity index (χ0n) is 10.4. The summed E-state index contributed by atoms with van der Waals surface area (Å²) in [6.07, 6.45) is -0.143. The van der Waals surface area contributed by atoms with Crippen molar-refractivity contribution in [3.05, 3.63) is 28.1 Å². The zero-order chi connectivity index (χ0) is 15.4. The van der Waals surface area contributed by atoms with Crippen LogP contribution in [-0.2, 0) is 11.8 Å². The summed E-state index contributed by atoms with van der Waals surface area (Å²) in [5.41, 5.74) is -0.0473. The van der Waals surface area contributed by atoms with Crippen molar-refractivity contribution in [1.29, 1.82) is 0 Å². The third-order valence-corrected chi connectivity index (χ3v) is 3.04. The van der Waals surface area contributed by atoms with Crippen LogP contribution in [0.1, 0.15) is 11.8 Å². The lowest BCUT2D eigenvalue weighted by atomic mass is 10.1. The van der Waals surface area contributed by atoms with E-state index in [2.05, 4.69) is 5.32 Å². The van der Waals surface area contributed by atoms with Crippen LogP contribution in [0.4, 0.5) is 5.69 Å². The van der Waals surface area contributed by atoms with Gasteiger partial charge in [-0.1, -0.05) is 23.2 Å². The second-order valence-electron chi connectivity index (χ2n) is 4.03. The van der Waals surface area contributed by atoms with Crippen molar-refractivity contribution in [2.75, 3.05) is 6.61 Å². The first-order valence-corrected chi connectivity index (χ1v) is 6.33. The zero-order valence-corrected chi connectivity index (χ0v) is 11.9. The summed E-state index contributed by atoms with van der Waals surface area (Å²) in [5, 5.41) is 32.2. The summed E-state index contributed by atoms with van der Waals surface area (Å²) >= 11 is 10.7. The quantitative estimate of drug-likeness (QED) is 0.393. The van der Waals surface area contributed by atoms with Gasteiger partial charge in [-0.3, -0.25) is 14.9 Å². The van der Waals surface area contributed by atoms with E-state index < -0.39 is 34.4 Å². The van der Waals surface area contributed by atoms with Gasteiger partial charge in [0.05, 0.1) is 29.5 Å². The van der Waals surface area contributed by atoms with Crippen LogP contribution in [0.15, 0.2) is 12.3 Å². The summed E-state index contributed by atoms with van der Waals surface area (Å²) in [4.78, 5) is 20.0. The maximum Gasteiger partial charge on any atom is 0.287 e. The van der Waals surface area contributed by atoms with Gasteiger partial charge in [-0.2, -0.15) is 0 Å². The lowest BCUT2D eigenvalue weighted by Gasteiger charge is -2.22. The Morgan fingerprint density at radius 1 is 1.60 bits per heavy atom. The van der Waals surface area contributed by atoms with Crippen LogP contribution < -0.4 is 5.32 Å². The summed E-state index contributed by atoms with van der Waals surface area (Å²) in [6.45, 7) is -0.591. The van der Waals surface area contributed by atoms with Crippen LogP contribution in [0.2, 0.25) is 0 Å². The Labute approximate surface area is 124 Å². The number of amides is 1. The number of rotatable bonds is 6. The molecule has 1 heterocycles. The maximum atomic E-state index is 11.3. The van der Waals surface area contributed by atoms with E-state index in [-0.39, 0.29) is 11.4 Å². The van der Waals surface area contributed by atoms with Crippen molar-refractivity contribution in [3.63, 3.8) is 0 Å². The second-order valence-corrected chi connectivity index (χ2v) is 5.13. The van der Waals surface area contributed by atoms with E-state index in [9.17, 15) is 25.1 Å². The van der Waals surface area contributed by atoms with Gasteiger partial charge in [-0.15, -0.1) is 0 Å². The van der Waals surface area contributed by atoms with Crippen molar-refractivity contribution in [2.45, 2.75) is 17.0 Å². The first kappa shape index (κ1) is 16.7. The number of alkyl halides is 2. The minimum Gasteiger partial charge on any atom is -0.394 e. The number of carbonyl (C=O) groups is 1. The predicted molar refractivity (Wildman–Crippen MR) is 71.5 cm³/mol. The SMILES string of the molecule is Cn1cc([N+](=O)[O-])cc1[C@@H](O)[C@@H](CO)NC(=O)C(Cl)Cl. The molecule has 0 saturated heterocycles. The fourth-order valence-corrected chi connectivity index (χ4v) is 1.76. The molecule has 0 fully saturated rings. The molecule has 8 nitrogen and oxygen atoms in total. The van der Waals surface area contributed by atoms with Gasteiger partial charge in [0.15, 0.2) is 4.84 Å². The van der Waals surface area contributed by atoms with Crippen LogP contribution in [0.25, 0.3) is 0 Å². The molecule has 0 aliphatic heterocycles. The van der Waals surface area contributed by atoms with Crippen LogP contribution in [-0.4, -0.2) is 43.1 Å². The molecule has 10 heteroatoms. The van der Waals surface area contributed by atoms with Crippen molar-refractivity contribution in [1.82, 2.24) is 9.88 Å². The second kappa shape index (κ2) is 6.89. The largest absolute Gasteiger partial charge is 0.394 e. The summed E-state index contributed by atoms with van der Waals surface area (Å²) in [5.74, 6) is -0.782. The van der Waals surface area contributed by atoms with Crippen LogP contribution in [0.3, 0.4) is 0 Å². The van der Waals surface area contributed by atoms with Gasteiger partial charge in [0.25, 0.3) is 11.6 Å². The predicted octanol–water partition coefficient (Wildman–Crippen LogP) is 0.247. The van der Waals surface area contributed by atoms with E-state index in [1.54, 1.807) is 0 Å². The number of aryl methyl sites for hydroxylation is 1. The monoisotopic (exact) mass is 325 g/mol. The van der Waals surface area contributed by atoms with Crippen LogP contribution in [0.5, 0.6) is 0 Å². The average molecular weight is 326 g/mol. The molecule has 0 unspecified atom stereocenters. The molecular weight excluding hydrogens is 313 g/mol. The molecule has 0 bridgehead atoms. The summed E-state index contributed by atoms with van der Waals surface area (Å²) < 4.78 is 1.33. The molecule has 112 valence electrons. The van der Waals surface area contributed by atoms with Gasteiger partial charge in [-0.05, 0) is 0 Å². The highest BCUT2D eigenvalue weighted by atomic mass is 35.5. The van der Waals surface area contributed by atoms with Crippen molar-refractivity contribution in [2.24, 2.45) is 7.05 Å². The van der Waals surface area contributed by atoms with E-state index in [0.717, 1.165) is 6.07 Å². The topological polar surface area (TPSA) is 118 Å². The van der Waals surface area contributed by atoms with Gasteiger partial charge < -0.3 is 20.1 Å². The normalized spacial score (nSPS) is 14.1. The van der Waals surface area contributed by atoms with Gasteiger partial charge in [0, 0.05) is 13.1 Å². The van der Waals surface area contributed by atoms with Crippen LogP contribution >= 0.6 is 23.2 Å². The number of hydrogen-bond acceptors (Lipinski definition) is 5. The Kier molecular flexibility index (Phi) is 5.75. The highest BCUT2D eigenvalue weighted by Crippen LogP contribution is 2.23. The average Bonchev–Trinajstić information content (AvgIpc) is 2.77. The van der Waals surface area contributed by atoms with E-state index >= 15 is 0 Å². The molecule has 0 saturated carbocycles. The Morgan fingerprint density at radius 3 is 2.60 bits per heavy atom. The fourth-order valence-electron chi connectivity index (χ4n) is 1.63. The van der Waals surface area contributed by atoms with E-state index in [1.165, 1.54) is 17.8 Å². The summed E-state index contributed by atoms with van der Waals surface area (Å²) in [7, 11) is 1.49. The van der Waals surface area contributed by atoms with Gasteiger partial charge in [0.2, 0.25) is 0 Å². The first-order chi connectivity index (χ1) is 9.27. The third-order valence-electron chi connectivity index (χ3n) is 2.65. The standard InChI is InChI=1S/C10H13Cl2N3O5/c1-14-3-5(15(19)20)2-7(14)8(17)6(4-16)13-10(18)9(11)12/h2-3,6,8-9,16-17H,4H2,1H3,(H,13,18)/t6-,8+/m1/s1. The maximum absolute atomic E-state index is 11.3. The first-order valence-electron chi connectivity index (χ1n) is 5.46. The van der Waals surface area contributed by atoms with Crippen molar-refractivity contribution >= 4 is 34.8 Å².